The van der Waals surface area contributed by atoms with E-state index >= 15 is 0 Å². The van der Waals surface area contributed by atoms with Gasteiger partial charge in [-0.15, -0.1) is 0 Å². The van der Waals surface area contributed by atoms with Gasteiger partial charge in [0.1, 0.15) is 31.3 Å². The number of ether oxygens (including phenoxy) is 2. The van der Waals surface area contributed by atoms with Crippen LogP contribution in [0.1, 0.15) is 197 Å². The molecule has 64 heavy (non-hydrogen) atoms. The van der Waals surface area contributed by atoms with Gasteiger partial charge in [0.15, 0.2) is 6.10 Å². The summed E-state index contributed by atoms with van der Waals surface area (Å²) in [6.07, 6.45) is 37.6. The fourth-order valence-electron chi connectivity index (χ4n) is 7.20. The maximum Gasteiger partial charge on any atom is 0.472 e. The minimum Gasteiger partial charge on any atom is -0.466 e. The third kappa shape index (κ3) is 33.9. The lowest BCUT2D eigenvalue weighted by Gasteiger charge is -2.24. The molecule has 0 aliphatic heterocycles. The van der Waals surface area contributed by atoms with Gasteiger partial charge in [-0.2, -0.15) is 0 Å². The average molecular weight is 923 g/mol. The molecule has 0 aromatic carbocycles. The van der Waals surface area contributed by atoms with Gasteiger partial charge in [-0.25, -0.2) is 4.57 Å². The molecule has 0 aliphatic carbocycles. The number of aliphatic hydroxyl groups is 1. The van der Waals surface area contributed by atoms with E-state index < -0.39 is 38.6 Å². The van der Waals surface area contributed by atoms with Crippen molar-refractivity contribution in [3.05, 3.63) is 59.1 Å². The molecular formula is C52H93NO10P+. The molecule has 0 amide bonds. The molecule has 0 bridgehead atoms. The van der Waals surface area contributed by atoms with E-state index in [9.17, 15) is 24.2 Å². The van der Waals surface area contributed by atoms with E-state index in [1.165, 1.54) is 119 Å². The zero-order chi connectivity index (χ0) is 47.3. The predicted octanol–water partition coefficient (Wildman–Crippen LogP) is 13.1. The fraction of sp³-hybridized carbons (Fsp3) is 0.769. The largest absolute Gasteiger partial charge is 0.472 e. The highest BCUT2D eigenvalue weighted by Gasteiger charge is 2.27. The van der Waals surface area contributed by atoms with Gasteiger partial charge in [0.2, 0.25) is 0 Å². The first-order chi connectivity index (χ1) is 30.7. The van der Waals surface area contributed by atoms with E-state index in [1.807, 2.05) is 33.3 Å². The van der Waals surface area contributed by atoms with E-state index in [4.69, 9.17) is 22.9 Å². The van der Waals surface area contributed by atoms with Crippen molar-refractivity contribution in [2.75, 3.05) is 47.5 Å². The van der Waals surface area contributed by atoms with Crippen molar-refractivity contribution >= 4 is 19.8 Å². The Morgan fingerprint density at radius 3 is 1.84 bits per heavy atom. The van der Waals surface area contributed by atoms with Crippen molar-refractivity contribution in [2.45, 2.75) is 213 Å². The van der Waals surface area contributed by atoms with Gasteiger partial charge in [0, 0.05) is 25.7 Å². The van der Waals surface area contributed by atoms with Crippen LogP contribution in [0.4, 0.5) is 0 Å². The summed E-state index contributed by atoms with van der Waals surface area (Å²) in [4.78, 5) is 35.6. The number of hydrogen-bond donors (Lipinski definition) is 2. The van der Waals surface area contributed by atoms with Crippen molar-refractivity contribution in [1.82, 2.24) is 0 Å². The molecular weight excluding hydrogens is 830 g/mol. The number of carbonyl (C=O) groups excluding carboxylic acids is 2. The SMILES string of the molecule is CCCCCCCC/C=C/C/C=C/C=C/C(O)CCCC(=O)O[C@H](COC(=O)CCCCCCCCCCCCc1oc(CCCCC)c(C)c1C)COP(=O)(O)OCC[N+](C)(C)C. The number of phosphoric ester groups is 1. The van der Waals surface area contributed by atoms with Crippen LogP contribution in [-0.2, 0) is 45.5 Å². The van der Waals surface area contributed by atoms with E-state index in [1.54, 1.807) is 12.2 Å². The molecule has 0 saturated heterocycles. The fourth-order valence-corrected chi connectivity index (χ4v) is 7.94. The highest BCUT2D eigenvalue weighted by atomic mass is 31.2. The number of esters is 2. The Bertz CT molecular complexity index is 1480. The summed E-state index contributed by atoms with van der Waals surface area (Å²) in [5.74, 6) is 1.36. The van der Waals surface area contributed by atoms with Gasteiger partial charge in [-0.05, 0) is 76.3 Å². The van der Waals surface area contributed by atoms with Gasteiger partial charge in [0.25, 0.3) is 0 Å². The van der Waals surface area contributed by atoms with E-state index in [0.717, 1.165) is 44.9 Å². The first-order valence-electron chi connectivity index (χ1n) is 25.2. The molecule has 1 aromatic rings. The van der Waals surface area contributed by atoms with Crippen LogP contribution in [0, 0.1) is 13.8 Å². The van der Waals surface area contributed by atoms with E-state index in [2.05, 4.69) is 39.8 Å². The summed E-state index contributed by atoms with van der Waals surface area (Å²) in [6.45, 7) is 8.54. The van der Waals surface area contributed by atoms with E-state index in [-0.39, 0.29) is 26.1 Å². The van der Waals surface area contributed by atoms with Crippen LogP contribution in [0.2, 0.25) is 0 Å². The molecule has 1 heterocycles. The van der Waals surface area contributed by atoms with Crippen LogP contribution >= 0.6 is 7.82 Å². The number of rotatable bonds is 42. The number of hydrogen-bond acceptors (Lipinski definition) is 9. The van der Waals surface area contributed by atoms with Crippen LogP contribution in [0.15, 0.2) is 40.9 Å². The molecule has 3 atom stereocenters. The van der Waals surface area contributed by atoms with Gasteiger partial charge < -0.3 is 28.4 Å². The summed E-state index contributed by atoms with van der Waals surface area (Å²) < 4.78 is 40.5. The Labute approximate surface area is 390 Å². The Hall–Kier alpha value is -2.53. The number of aryl methyl sites for hydroxylation is 2. The average Bonchev–Trinajstić information content (AvgIpc) is 3.51. The number of nitrogens with zero attached hydrogens (tertiary/aromatic N) is 1. The molecule has 1 aromatic heterocycles. The van der Waals surface area contributed by atoms with Gasteiger partial charge in [0.05, 0.1) is 33.9 Å². The molecule has 1 rings (SSSR count). The second kappa shape index (κ2) is 37.5. The zero-order valence-corrected chi connectivity index (χ0v) is 42.5. The zero-order valence-electron chi connectivity index (χ0n) is 41.6. The molecule has 0 radical (unpaired) electrons. The third-order valence-electron chi connectivity index (χ3n) is 11.5. The number of allylic oxidation sites excluding steroid dienone is 5. The van der Waals surface area contributed by atoms with Crippen molar-refractivity contribution in [2.24, 2.45) is 0 Å². The Kier molecular flexibility index (Phi) is 34.9. The first-order valence-corrected chi connectivity index (χ1v) is 26.7. The molecule has 0 spiro atoms. The number of phosphoric acid groups is 1. The summed E-state index contributed by atoms with van der Waals surface area (Å²) in [7, 11) is 1.35. The topological polar surface area (TPSA) is 142 Å². The van der Waals surface area contributed by atoms with Crippen LogP contribution < -0.4 is 0 Å². The Morgan fingerprint density at radius 2 is 1.22 bits per heavy atom. The number of unbranched alkanes of at least 4 members (excludes halogenated alkanes) is 17. The Morgan fingerprint density at radius 1 is 0.672 bits per heavy atom. The minimum atomic E-state index is -4.44. The molecule has 2 unspecified atom stereocenters. The van der Waals surface area contributed by atoms with Crippen molar-refractivity contribution in [3.63, 3.8) is 0 Å². The standard InChI is InChI=1S/C52H92NO10P/c1-8-10-12-13-14-15-16-17-18-21-24-27-31-35-47(54)36-34-40-52(56)62-48(44-61-64(57,58)60-42-41-53(5,6)7)43-59-51(55)39-33-29-26-23-20-19-22-25-28-32-38-50-46(4)45(3)49(63-50)37-30-11-9-2/h17-18,24,27,31,35,47-48,54H,8-16,19-23,25-26,28-30,32-34,36-44H2,1-7H3/p+1/b18-17+,27-24+,35-31+/t47?,48-/m1/s1. The number of likely N-dealkylation sites (N-methyl/N-ethyl adjacent to an activating group) is 1. The number of quaternary nitrogens is 1. The van der Waals surface area contributed by atoms with Crippen LogP contribution in [-0.4, -0.2) is 86.1 Å². The Balaban J connectivity index is 2.36. The van der Waals surface area contributed by atoms with Crippen molar-refractivity contribution in [3.8, 4) is 0 Å². The monoisotopic (exact) mass is 923 g/mol. The lowest BCUT2D eigenvalue weighted by atomic mass is 10.0. The van der Waals surface area contributed by atoms with Crippen LogP contribution in [0.3, 0.4) is 0 Å². The molecule has 12 heteroatoms. The van der Waals surface area contributed by atoms with Crippen LogP contribution in [0.25, 0.3) is 0 Å². The molecule has 11 nitrogen and oxygen atoms in total. The van der Waals surface area contributed by atoms with Gasteiger partial charge in [-0.3, -0.25) is 18.6 Å². The number of aliphatic hydroxyl groups excluding tert-OH is 1. The number of carbonyl (C=O) groups is 2. The second-order valence-corrected chi connectivity index (χ2v) is 20.1. The third-order valence-corrected chi connectivity index (χ3v) is 12.5. The maximum atomic E-state index is 12.8. The minimum absolute atomic E-state index is 0.00764. The summed E-state index contributed by atoms with van der Waals surface area (Å²) in [5, 5.41) is 10.4. The predicted molar refractivity (Wildman–Crippen MR) is 261 cm³/mol. The highest BCUT2D eigenvalue weighted by molar-refractivity contribution is 7.47. The normalized spacial score (nSPS) is 14.2. The summed E-state index contributed by atoms with van der Waals surface area (Å²) >= 11 is 0. The summed E-state index contributed by atoms with van der Waals surface area (Å²) in [6, 6.07) is 0. The molecule has 370 valence electrons. The maximum absolute atomic E-state index is 12.8. The number of furan rings is 1. The summed E-state index contributed by atoms with van der Waals surface area (Å²) in [5.41, 5.74) is 2.68. The molecule has 0 aliphatic rings. The van der Waals surface area contributed by atoms with Crippen molar-refractivity contribution in [1.29, 1.82) is 0 Å². The van der Waals surface area contributed by atoms with Crippen molar-refractivity contribution < 1.29 is 51.6 Å². The van der Waals surface area contributed by atoms with E-state index in [0.29, 0.717) is 30.3 Å². The van der Waals surface area contributed by atoms with Gasteiger partial charge in [-0.1, -0.05) is 147 Å². The van der Waals surface area contributed by atoms with Gasteiger partial charge >= 0.3 is 19.8 Å². The molecule has 2 N–H and O–H groups in total. The smallest absolute Gasteiger partial charge is 0.466 e. The quantitative estimate of drug-likeness (QED) is 0.0162. The molecule has 0 saturated carbocycles. The second-order valence-electron chi connectivity index (χ2n) is 18.6. The highest BCUT2D eigenvalue weighted by Crippen LogP contribution is 2.43. The lowest BCUT2D eigenvalue weighted by Crippen LogP contribution is -2.37. The first kappa shape index (κ1) is 59.5. The van der Waals surface area contributed by atoms with Crippen LogP contribution in [0.5, 0.6) is 0 Å². The molecule has 0 fully saturated rings. The lowest BCUT2D eigenvalue weighted by molar-refractivity contribution is -0.870.